The Balaban J connectivity index is 2.56. The van der Waals surface area contributed by atoms with Crippen LogP contribution in [0.4, 0.5) is 0 Å². The zero-order chi connectivity index (χ0) is 19.4. The Hall–Kier alpha value is -1.63. The van der Waals surface area contributed by atoms with Crippen LogP contribution in [0.5, 0.6) is 0 Å². The van der Waals surface area contributed by atoms with Crippen molar-refractivity contribution in [2.75, 3.05) is 6.54 Å². The van der Waals surface area contributed by atoms with Crippen LogP contribution in [0.15, 0.2) is 0 Å². The van der Waals surface area contributed by atoms with E-state index < -0.39 is 29.3 Å². The molecule has 0 spiro atoms. The molecule has 0 bridgehead atoms. The van der Waals surface area contributed by atoms with E-state index in [0.717, 1.165) is 6.42 Å². The average molecular weight is 356 g/mol. The summed E-state index contributed by atoms with van der Waals surface area (Å²) in [5.41, 5.74) is 4.61. The van der Waals surface area contributed by atoms with Gasteiger partial charge in [-0.3, -0.25) is 9.59 Å². The van der Waals surface area contributed by atoms with Crippen molar-refractivity contribution in [3.63, 3.8) is 0 Å². The average Bonchev–Trinajstić information content (AvgIpc) is 2.90. The van der Waals surface area contributed by atoms with E-state index in [1.165, 1.54) is 4.90 Å². The summed E-state index contributed by atoms with van der Waals surface area (Å²) in [4.78, 5) is 38.1. The Labute approximate surface area is 150 Å². The van der Waals surface area contributed by atoms with E-state index in [1.54, 1.807) is 41.5 Å². The lowest BCUT2D eigenvalue weighted by Gasteiger charge is -2.28. The van der Waals surface area contributed by atoms with Gasteiger partial charge in [0, 0.05) is 13.0 Å². The van der Waals surface area contributed by atoms with Crippen molar-refractivity contribution in [3.8, 4) is 0 Å². The first kappa shape index (κ1) is 21.4. The van der Waals surface area contributed by atoms with Crippen molar-refractivity contribution >= 4 is 17.8 Å². The molecule has 1 aliphatic rings. The molecule has 2 N–H and O–H groups in total. The molecule has 7 heteroatoms. The molecule has 0 saturated carbocycles. The second-order valence-corrected chi connectivity index (χ2v) is 8.46. The summed E-state index contributed by atoms with van der Waals surface area (Å²) in [6, 6.07) is -1.41. The largest absolute Gasteiger partial charge is 0.459 e. The molecule has 1 aliphatic heterocycles. The van der Waals surface area contributed by atoms with E-state index in [9.17, 15) is 14.4 Å². The predicted octanol–water partition coefficient (Wildman–Crippen LogP) is 1.77. The van der Waals surface area contributed by atoms with Gasteiger partial charge < -0.3 is 20.1 Å². The lowest BCUT2D eigenvalue weighted by atomic mass is 10.1. The van der Waals surface area contributed by atoms with E-state index in [0.29, 0.717) is 13.0 Å². The SMILES string of the molecule is CC(C)(C)OC(=O)[C@@H](N)CCC(=O)N1CCC[C@H]1C(=O)OC(C)(C)C. The third-order valence-corrected chi connectivity index (χ3v) is 3.63. The summed E-state index contributed by atoms with van der Waals surface area (Å²) in [6.07, 6.45) is 1.64. The highest BCUT2D eigenvalue weighted by Crippen LogP contribution is 2.22. The van der Waals surface area contributed by atoms with Crippen LogP contribution in [-0.2, 0) is 23.9 Å². The molecule has 1 amide bonds. The lowest BCUT2D eigenvalue weighted by Crippen LogP contribution is -2.44. The number of nitrogens with two attached hydrogens (primary N) is 1. The summed E-state index contributed by atoms with van der Waals surface area (Å²) in [7, 11) is 0. The highest BCUT2D eigenvalue weighted by molar-refractivity contribution is 5.86. The Kier molecular flexibility index (Phi) is 6.99. The van der Waals surface area contributed by atoms with Gasteiger partial charge in [0.15, 0.2) is 0 Å². The van der Waals surface area contributed by atoms with Gasteiger partial charge in [-0.05, 0) is 60.8 Å². The molecule has 1 saturated heterocycles. The van der Waals surface area contributed by atoms with E-state index >= 15 is 0 Å². The van der Waals surface area contributed by atoms with Gasteiger partial charge in [-0.25, -0.2) is 4.79 Å². The molecular weight excluding hydrogens is 324 g/mol. The molecule has 1 fully saturated rings. The zero-order valence-electron chi connectivity index (χ0n) is 16.3. The monoisotopic (exact) mass is 356 g/mol. The smallest absolute Gasteiger partial charge is 0.329 e. The van der Waals surface area contributed by atoms with Gasteiger partial charge in [0.1, 0.15) is 23.3 Å². The van der Waals surface area contributed by atoms with Gasteiger partial charge in [0.05, 0.1) is 0 Å². The predicted molar refractivity (Wildman–Crippen MR) is 93.6 cm³/mol. The van der Waals surface area contributed by atoms with Crippen molar-refractivity contribution in [3.05, 3.63) is 0 Å². The number of hydrogen-bond acceptors (Lipinski definition) is 6. The van der Waals surface area contributed by atoms with E-state index in [1.807, 2.05) is 0 Å². The topological polar surface area (TPSA) is 98.9 Å². The molecule has 2 atom stereocenters. The number of nitrogens with zero attached hydrogens (tertiary/aromatic N) is 1. The highest BCUT2D eigenvalue weighted by Gasteiger charge is 2.37. The van der Waals surface area contributed by atoms with Gasteiger partial charge in [-0.2, -0.15) is 0 Å². The van der Waals surface area contributed by atoms with Gasteiger partial charge in [0.25, 0.3) is 0 Å². The maximum atomic E-state index is 12.4. The van der Waals surface area contributed by atoms with Crippen molar-refractivity contribution < 1.29 is 23.9 Å². The van der Waals surface area contributed by atoms with Crippen LogP contribution in [0, 0.1) is 0 Å². The number of ether oxygens (including phenoxy) is 2. The highest BCUT2D eigenvalue weighted by atomic mass is 16.6. The molecule has 7 nitrogen and oxygen atoms in total. The summed E-state index contributed by atoms with van der Waals surface area (Å²) in [5, 5.41) is 0. The van der Waals surface area contributed by atoms with E-state index in [-0.39, 0.29) is 24.7 Å². The summed E-state index contributed by atoms with van der Waals surface area (Å²) in [5.74, 6) is -1.09. The second kappa shape index (κ2) is 8.17. The first-order chi connectivity index (χ1) is 11.3. The Morgan fingerprint density at radius 1 is 1.08 bits per heavy atom. The maximum Gasteiger partial charge on any atom is 0.329 e. The third-order valence-electron chi connectivity index (χ3n) is 3.63. The van der Waals surface area contributed by atoms with Crippen LogP contribution in [0.1, 0.15) is 67.2 Å². The van der Waals surface area contributed by atoms with Crippen LogP contribution >= 0.6 is 0 Å². The first-order valence-electron chi connectivity index (χ1n) is 8.81. The fourth-order valence-corrected chi connectivity index (χ4v) is 2.60. The Bertz CT molecular complexity index is 505. The minimum Gasteiger partial charge on any atom is -0.459 e. The molecule has 1 heterocycles. The molecule has 0 aromatic rings. The molecule has 0 unspecified atom stereocenters. The number of carbonyl (C=O) groups is 3. The lowest BCUT2D eigenvalue weighted by molar-refractivity contribution is -0.163. The summed E-state index contributed by atoms with van der Waals surface area (Å²) in [6.45, 7) is 11.2. The Morgan fingerprint density at radius 2 is 1.64 bits per heavy atom. The summed E-state index contributed by atoms with van der Waals surface area (Å²) < 4.78 is 10.6. The van der Waals surface area contributed by atoms with Crippen LogP contribution in [0.2, 0.25) is 0 Å². The third kappa shape index (κ3) is 7.42. The van der Waals surface area contributed by atoms with Gasteiger partial charge in [-0.15, -0.1) is 0 Å². The number of rotatable bonds is 5. The normalized spacial score (nSPS) is 19.5. The minimum atomic E-state index is -0.856. The molecule has 0 aromatic carbocycles. The standard InChI is InChI=1S/C18H32N2O5/c1-17(2,3)24-15(22)12(19)9-10-14(21)20-11-7-8-13(20)16(23)25-18(4,5)6/h12-13H,7-11,19H2,1-6H3/t12-,13-/m0/s1. The fraction of sp³-hybridized carbons (Fsp3) is 0.833. The van der Waals surface area contributed by atoms with Crippen LogP contribution in [0.25, 0.3) is 0 Å². The van der Waals surface area contributed by atoms with Crippen LogP contribution in [0.3, 0.4) is 0 Å². The number of carbonyl (C=O) groups excluding carboxylic acids is 3. The fourth-order valence-electron chi connectivity index (χ4n) is 2.60. The second-order valence-electron chi connectivity index (χ2n) is 8.46. The van der Waals surface area contributed by atoms with Crippen molar-refractivity contribution in [1.82, 2.24) is 4.90 Å². The molecule has 1 rings (SSSR count). The number of likely N-dealkylation sites (tertiary alicyclic amines) is 1. The first-order valence-corrected chi connectivity index (χ1v) is 8.81. The number of hydrogen-bond donors (Lipinski definition) is 1. The molecule has 144 valence electrons. The minimum absolute atomic E-state index is 0.0969. The molecule has 0 aliphatic carbocycles. The molecule has 25 heavy (non-hydrogen) atoms. The quantitative estimate of drug-likeness (QED) is 0.754. The van der Waals surface area contributed by atoms with Crippen molar-refractivity contribution in [2.24, 2.45) is 5.73 Å². The molecule has 0 aromatic heterocycles. The maximum absolute atomic E-state index is 12.4. The van der Waals surface area contributed by atoms with Crippen LogP contribution < -0.4 is 5.73 Å². The molecule has 0 radical (unpaired) electrons. The van der Waals surface area contributed by atoms with Gasteiger partial charge >= 0.3 is 11.9 Å². The zero-order valence-corrected chi connectivity index (χ0v) is 16.3. The number of amides is 1. The van der Waals surface area contributed by atoms with Gasteiger partial charge in [-0.1, -0.05) is 0 Å². The summed E-state index contributed by atoms with van der Waals surface area (Å²) >= 11 is 0. The van der Waals surface area contributed by atoms with E-state index in [2.05, 4.69) is 0 Å². The van der Waals surface area contributed by atoms with Crippen molar-refractivity contribution in [2.45, 2.75) is 90.5 Å². The van der Waals surface area contributed by atoms with E-state index in [4.69, 9.17) is 15.2 Å². The Morgan fingerprint density at radius 3 is 2.16 bits per heavy atom. The van der Waals surface area contributed by atoms with Crippen LogP contribution in [-0.4, -0.2) is 52.6 Å². The number of esters is 2. The molecular formula is C18H32N2O5. The van der Waals surface area contributed by atoms with Crippen molar-refractivity contribution in [1.29, 1.82) is 0 Å². The van der Waals surface area contributed by atoms with Gasteiger partial charge in [0.2, 0.25) is 5.91 Å².